The van der Waals surface area contributed by atoms with Gasteiger partial charge in [0.2, 0.25) is 5.91 Å². The minimum atomic E-state index is 0.0680. The van der Waals surface area contributed by atoms with Crippen molar-refractivity contribution in [1.82, 2.24) is 10.3 Å². The number of anilines is 1. The fraction of sp³-hybridized carbons (Fsp3) is 0.364. The van der Waals surface area contributed by atoms with E-state index < -0.39 is 0 Å². The van der Waals surface area contributed by atoms with Crippen molar-refractivity contribution in [3.63, 3.8) is 0 Å². The maximum absolute atomic E-state index is 12.8. The van der Waals surface area contributed by atoms with Crippen molar-refractivity contribution in [1.29, 1.82) is 0 Å². The van der Waals surface area contributed by atoms with Crippen LogP contribution in [0.5, 0.6) is 0 Å². The number of aromatic nitrogens is 1. The van der Waals surface area contributed by atoms with E-state index >= 15 is 0 Å². The molecule has 0 unspecified atom stereocenters. The van der Waals surface area contributed by atoms with Crippen LogP contribution in [0.3, 0.4) is 0 Å². The van der Waals surface area contributed by atoms with Gasteiger partial charge in [-0.2, -0.15) is 4.98 Å². The standard InChI is InChI=1S/C22H23N3O2/c26-21(23-18-10-9-15-5-1-2-6-17(15)18)16-11-13-25(14-12-16)22-24-19-7-3-4-8-20(19)27-22/h1-8,16,18H,9-14H2,(H,23,26)/t18-/m0/s1. The van der Waals surface area contributed by atoms with Crippen LogP contribution >= 0.6 is 0 Å². The Balaban J connectivity index is 1.21. The fourth-order valence-electron chi connectivity index (χ4n) is 4.32. The molecule has 1 fully saturated rings. The summed E-state index contributed by atoms with van der Waals surface area (Å²) in [5.41, 5.74) is 4.35. The molecule has 1 aliphatic heterocycles. The molecule has 1 aliphatic carbocycles. The van der Waals surface area contributed by atoms with Crippen LogP contribution in [0.2, 0.25) is 0 Å². The summed E-state index contributed by atoms with van der Waals surface area (Å²) in [5.74, 6) is 0.257. The number of nitrogens with zero attached hydrogens (tertiary/aromatic N) is 2. The molecular weight excluding hydrogens is 338 g/mol. The molecule has 27 heavy (non-hydrogen) atoms. The lowest BCUT2D eigenvalue weighted by molar-refractivity contribution is -0.126. The Morgan fingerprint density at radius 1 is 1.04 bits per heavy atom. The van der Waals surface area contributed by atoms with Crippen LogP contribution in [-0.2, 0) is 11.2 Å². The topological polar surface area (TPSA) is 58.4 Å². The average molecular weight is 361 g/mol. The summed E-state index contributed by atoms with van der Waals surface area (Å²) < 4.78 is 5.86. The van der Waals surface area contributed by atoms with Crippen LogP contribution in [0.4, 0.5) is 6.01 Å². The number of piperidine rings is 1. The third kappa shape index (κ3) is 3.07. The molecule has 0 bridgehead atoms. The fourth-order valence-corrected chi connectivity index (χ4v) is 4.32. The van der Waals surface area contributed by atoms with Crippen molar-refractivity contribution in [2.45, 2.75) is 31.7 Å². The predicted octanol–water partition coefficient (Wildman–Crippen LogP) is 3.85. The summed E-state index contributed by atoms with van der Waals surface area (Å²) >= 11 is 0. The first-order valence-corrected chi connectivity index (χ1v) is 9.76. The maximum atomic E-state index is 12.8. The Bertz CT molecular complexity index is 939. The van der Waals surface area contributed by atoms with Gasteiger partial charge < -0.3 is 14.6 Å². The van der Waals surface area contributed by atoms with Gasteiger partial charge in [-0.1, -0.05) is 36.4 Å². The van der Waals surface area contributed by atoms with Gasteiger partial charge in [-0.25, -0.2) is 0 Å². The molecular formula is C22H23N3O2. The van der Waals surface area contributed by atoms with E-state index in [-0.39, 0.29) is 17.9 Å². The minimum Gasteiger partial charge on any atom is -0.423 e. The van der Waals surface area contributed by atoms with Crippen molar-refractivity contribution in [2.75, 3.05) is 18.0 Å². The molecule has 1 aromatic heterocycles. The van der Waals surface area contributed by atoms with Crippen molar-refractivity contribution in [3.8, 4) is 0 Å². The quantitative estimate of drug-likeness (QED) is 0.770. The highest BCUT2D eigenvalue weighted by Gasteiger charge is 2.30. The van der Waals surface area contributed by atoms with Gasteiger partial charge in [0.05, 0.1) is 6.04 Å². The first kappa shape index (κ1) is 16.4. The predicted molar refractivity (Wildman–Crippen MR) is 105 cm³/mol. The number of para-hydroxylation sites is 2. The molecule has 2 heterocycles. The number of rotatable bonds is 3. The number of carbonyl (C=O) groups is 1. The number of aryl methyl sites for hydroxylation is 1. The SMILES string of the molecule is O=C(N[C@H]1CCc2ccccc21)C1CCN(c2nc3ccccc3o2)CC1. The van der Waals surface area contributed by atoms with Gasteiger partial charge in [-0.05, 0) is 48.9 Å². The van der Waals surface area contributed by atoms with Gasteiger partial charge in [-0.15, -0.1) is 0 Å². The van der Waals surface area contributed by atoms with Crippen LogP contribution in [-0.4, -0.2) is 24.0 Å². The first-order chi connectivity index (χ1) is 13.3. The molecule has 5 heteroatoms. The van der Waals surface area contributed by atoms with Crippen LogP contribution < -0.4 is 10.2 Å². The van der Waals surface area contributed by atoms with E-state index in [0.717, 1.165) is 49.9 Å². The summed E-state index contributed by atoms with van der Waals surface area (Å²) in [5, 5.41) is 3.28. The number of carbonyl (C=O) groups excluding carboxylic acids is 1. The molecule has 1 atom stereocenters. The van der Waals surface area contributed by atoms with Gasteiger partial charge in [0, 0.05) is 19.0 Å². The van der Waals surface area contributed by atoms with Crippen molar-refractivity contribution < 1.29 is 9.21 Å². The Kier molecular flexibility index (Phi) is 4.07. The molecule has 5 rings (SSSR count). The van der Waals surface area contributed by atoms with Gasteiger partial charge >= 0.3 is 0 Å². The van der Waals surface area contributed by atoms with Gasteiger partial charge in [-0.3, -0.25) is 4.79 Å². The molecule has 0 saturated carbocycles. The molecule has 0 spiro atoms. The Morgan fingerprint density at radius 2 is 1.81 bits per heavy atom. The van der Waals surface area contributed by atoms with Crippen LogP contribution in [0.1, 0.15) is 36.4 Å². The summed E-state index contributed by atoms with van der Waals surface area (Å²) in [7, 11) is 0. The van der Waals surface area contributed by atoms with Gasteiger partial charge in [0.1, 0.15) is 5.52 Å². The number of hydrogen-bond acceptors (Lipinski definition) is 4. The van der Waals surface area contributed by atoms with Crippen LogP contribution in [0.25, 0.3) is 11.1 Å². The molecule has 0 radical (unpaired) electrons. The summed E-state index contributed by atoms with van der Waals surface area (Å²) in [6.07, 6.45) is 3.72. The molecule has 2 aromatic carbocycles. The molecule has 138 valence electrons. The normalized spacial score (nSPS) is 20.0. The Morgan fingerprint density at radius 3 is 2.67 bits per heavy atom. The lowest BCUT2D eigenvalue weighted by atomic mass is 9.95. The largest absolute Gasteiger partial charge is 0.423 e. The summed E-state index contributed by atoms with van der Waals surface area (Å²) in [6.45, 7) is 1.60. The monoisotopic (exact) mass is 361 g/mol. The highest BCUT2D eigenvalue weighted by atomic mass is 16.4. The lowest BCUT2D eigenvalue weighted by Crippen LogP contribution is -2.41. The van der Waals surface area contributed by atoms with E-state index in [9.17, 15) is 4.79 Å². The zero-order chi connectivity index (χ0) is 18.2. The van der Waals surface area contributed by atoms with Crippen molar-refractivity contribution >= 4 is 23.0 Å². The average Bonchev–Trinajstić information content (AvgIpc) is 3.32. The van der Waals surface area contributed by atoms with E-state index in [2.05, 4.69) is 39.5 Å². The smallest absolute Gasteiger partial charge is 0.298 e. The molecule has 1 saturated heterocycles. The number of benzene rings is 2. The van der Waals surface area contributed by atoms with E-state index in [4.69, 9.17) is 4.42 Å². The van der Waals surface area contributed by atoms with Gasteiger partial charge in [0.15, 0.2) is 5.58 Å². The number of fused-ring (bicyclic) bond motifs is 2. The second-order valence-corrected chi connectivity index (χ2v) is 7.52. The van der Waals surface area contributed by atoms with E-state index in [1.54, 1.807) is 0 Å². The summed E-state index contributed by atoms with van der Waals surface area (Å²) in [6, 6.07) is 17.1. The highest BCUT2D eigenvalue weighted by Crippen LogP contribution is 2.32. The van der Waals surface area contributed by atoms with E-state index in [1.165, 1.54) is 11.1 Å². The lowest BCUT2D eigenvalue weighted by Gasteiger charge is -2.30. The third-order valence-corrected chi connectivity index (χ3v) is 5.87. The number of hydrogen-bond donors (Lipinski definition) is 1. The molecule has 2 aliphatic rings. The van der Waals surface area contributed by atoms with Crippen LogP contribution in [0.15, 0.2) is 52.9 Å². The van der Waals surface area contributed by atoms with Crippen LogP contribution in [0, 0.1) is 5.92 Å². The Hall–Kier alpha value is -2.82. The van der Waals surface area contributed by atoms with Crippen molar-refractivity contribution in [3.05, 3.63) is 59.7 Å². The zero-order valence-corrected chi connectivity index (χ0v) is 15.2. The van der Waals surface area contributed by atoms with Crippen molar-refractivity contribution in [2.24, 2.45) is 5.92 Å². The number of amides is 1. The minimum absolute atomic E-state index is 0.0680. The second kappa shape index (κ2) is 6.72. The van der Waals surface area contributed by atoms with E-state index in [0.29, 0.717) is 6.01 Å². The molecule has 3 aromatic rings. The zero-order valence-electron chi connectivity index (χ0n) is 15.2. The second-order valence-electron chi connectivity index (χ2n) is 7.52. The third-order valence-electron chi connectivity index (χ3n) is 5.87. The number of nitrogens with one attached hydrogen (secondary N) is 1. The molecule has 5 nitrogen and oxygen atoms in total. The maximum Gasteiger partial charge on any atom is 0.298 e. The highest BCUT2D eigenvalue weighted by molar-refractivity contribution is 5.80. The van der Waals surface area contributed by atoms with E-state index in [1.807, 2.05) is 24.3 Å². The first-order valence-electron chi connectivity index (χ1n) is 9.76. The summed E-state index contributed by atoms with van der Waals surface area (Å²) in [4.78, 5) is 19.5. The van der Waals surface area contributed by atoms with Gasteiger partial charge in [0.25, 0.3) is 6.01 Å². The number of oxazole rings is 1. The Labute approximate surface area is 158 Å². The molecule has 1 N–H and O–H groups in total. The molecule has 1 amide bonds.